The number of thiol groups is 1. The molecule has 1 saturated carbocycles. The van der Waals surface area contributed by atoms with Crippen LogP contribution in [0.2, 0.25) is 0 Å². The number of benzene rings is 1. The van der Waals surface area contributed by atoms with Crippen molar-refractivity contribution in [1.29, 1.82) is 0 Å². The van der Waals surface area contributed by atoms with Crippen molar-refractivity contribution in [3.63, 3.8) is 0 Å². The zero-order valence-electron chi connectivity index (χ0n) is 13.1. The van der Waals surface area contributed by atoms with Crippen LogP contribution in [0.15, 0.2) is 24.3 Å². The fourth-order valence-electron chi connectivity index (χ4n) is 3.04. The normalized spacial score (nSPS) is 18.2. The number of hydrogen-bond donors (Lipinski definition) is 1. The number of rotatable bonds is 7. The Labute approximate surface area is 134 Å². The second kappa shape index (κ2) is 8.70. The molecular formula is C18H28O2S. The van der Waals surface area contributed by atoms with Crippen molar-refractivity contribution in [1.82, 2.24) is 0 Å². The van der Waals surface area contributed by atoms with Crippen LogP contribution in [-0.4, -0.2) is 26.1 Å². The van der Waals surface area contributed by atoms with Crippen molar-refractivity contribution in [3.8, 4) is 5.75 Å². The molecule has 0 bridgehead atoms. The van der Waals surface area contributed by atoms with E-state index in [9.17, 15) is 0 Å². The van der Waals surface area contributed by atoms with Crippen molar-refractivity contribution >= 4 is 12.6 Å². The van der Waals surface area contributed by atoms with Crippen LogP contribution in [0.4, 0.5) is 0 Å². The lowest BCUT2D eigenvalue weighted by Gasteiger charge is -2.31. The average molecular weight is 308 g/mol. The lowest BCUT2D eigenvalue weighted by molar-refractivity contribution is 0.148. The van der Waals surface area contributed by atoms with Crippen LogP contribution in [0.5, 0.6) is 5.75 Å². The molecule has 0 unspecified atom stereocenters. The van der Waals surface area contributed by atoms with Crippen molar-refractivity contribution in [3.05, 3.63) is 29.8 Å². The molecule has 1 aromatic carbocycles. The molecule has 1 aromatic rings. The van der Waals surface area contributed by atoms with E-state index in [1.54, 1.807) is 7.11 Å². The van der Waals surface area contributed by atoms with Gasteiger partial charge in [0.2, 0.25) is 0 Å². The Morgan fingerprint density at radius 2 is 1.71 bits per heavy atom. The molecule has 2 rings (SSSR count). The van der Waals surface area contributed by atoms with Crippen molar-refractivity contribution < 1.29 is 9.47 Å². The van der Waals surface area contributed by atoms with Gasteiger partial charge in [-0.05, 0) is 42.7 Å². The maximum Gasteiger partial charge on any atom is 0.119 e. The fourth-order valence-corrected chi connectivity index (χ4v) is 3.44. The van der Waals surface area contributed by atoms with Gasteiger partial charge in [-0.25, -0.2) is 0 Å². The van der Waals surface area contributed by atoms with Gasteiger partial charge >= 0.3 is 0 Å². The van der Waals surface area contributed by atoms with E-state index in [4.69, 9.17) is 9.47 Å². The molecule has 21 heavy (non-hydrogen) atoms. The lowest BCUT2D eigenvalue weighted by atomic mass is 9.83. The Hall–Kier alpha value is -0.670. The summed E-state index contributed by atoms with van der Waals surface area (Å²) >= 11 is 4.60. The third kappa shape index (κ3) is 5.23. The quantitative estimate of drug-likeness (QED) is 0.589. The molecule has 0 aromatic heterocycles. The Morgan fingerprint density at radius 3 is 2.29 bits per heavy atom. The van der Waals surface area contributed by atoms with E-state index in [-0.39, 0.29) is 5.41 Å². The lowest BCUT2D eigenvalue weighted by Crippen LogP contribution is -2.30. The van der Waals surface area contributed by atoms with Gasteiger partial charge in [0.05, 0.1) is 13.2 Å². The van der Waals surface area contributed by atoms with Crippen LogP contribution in [0.25, 0.3) is 0 Å². The summed E-state index contributed by atoms with van der Waals surface area (Å²) in [7, 11) is 1.74. The minimum Gasteiger partial charge on any atom is -0.493 e. The van der Waals surface area contributed by atoms with Gasteiger partial charge in [0.25, 0.3) is 0 Å². The summed E-state index contributed by atoms with van der Waals surface area (Å²) in [5.41, 5.74) is 1.57. The van der Waals surface area contributed by atoms with Gasteiger partial charge in [-0.3, -0.25) is 0 Å². The molecule has 0 atom stereocenters. The second-order valence-corrected chi connectivity index (χ2v) is 6.56. The first-order valence-electron chi connectivity index (χ1n) is 8.10. The summed E-state index contributed by atoms with van der Waals surface area (Å²) in [6.45, 7) is 1.57. The monoisotopic (exact) mass is 308 g/mol. The zero-order chi connectivity index (χ0) is 15.0. The molecule has 0 spiro atoms. The summed E-state index contributed by atoms with van der Waals surface area (Å²) in [5, 5.41) is 0. The number of ether oxygens (including phenoxy) is 2. The molecule has 0 heterocycles. The van der Waals surface area contributed by atoms with Crippen LogP contribution >= 0.6 is 12.6 Å². The summed E-state index contributed by atoms with van der Waals surface area (Å²) in [4.78, 5) is 0. The van der Waals surface area contributed by atoms with E-state index in [2.05, 4.69) is 36.9 Å². The van der Waals surface area contributed by atoms with Gasteiger partial charge in [0.15, 0.2) is 0 Å². The van der Waals surface area contributed by atoms with Crippen molar-refractivity contribution in [2.45, 2.75) is 44.9 Å². The predicted octanol–water partition coefficient (Wildman–Crippen LogP) is 4.52. The first-order valence-corrected chi connectivity index (χ1v) is 8.73. The van der Waals surface area contributed by atoms with Crippen LogP contribution in [0.3, 0.4) is 0 Å². The highest BCUT2D eigenvalue weighted by Gasteiger charge is 2.30. The van der Waals surface area contributed by atoms with Gasteiger partial charge in [0.1, 0.15) is 5.75 Å². The van der Waals surface area contributed by atoms with E-state index in [0.29, 0.717) is 0 Å². The Balaban J connectivity index is 1.88. The van der Waals surface area contributed by atoms with Gasteiger partial charge in [-0.15, -0.1) is 0 Å². The Kier molecular flexibility index (Phi) is 6.91. The summed E-state index contributed by atoms with van der Waals surface area (Å²) < 4.78 is 11.2. The number of methoxy groups -OCH3 is 1. The molecule has 1 aliphatic carbocycles. The molecule has 0 saturated heterocycles. The Bertz CT molecular complexity index is 394. The summed E-state index contributed by atoms with van der Waals surface area (Å²) in [6.07, 6.45) is 8.83. The smallest absolute Gasteiger partial charge is 0.119 e. The molecule has 3 heteroatoms. The SMILES string of the molecule is COCCc1ccc(OCC2(CS)CCCCCC2)cc1. The van der Waals surface area contributed by atoms with Gasteiger partial charge in [-0.1, -0.05) is 37.8 Å². The average Bonchev–Trinajstić information content (AvgIpc) is 2.78. The fraction of sp³-hybridized carbons (Fsp3) is 0.667. The summed E-state index contributed by atoms with van der Waals surface area (Å²) in [6, 6.07) is 8.42. The van der Waals surface area contributed by atoms with Crippen molar-refractivity contribution in [2.24, 2.45) is 5.41 Å². The maximum absolute atomic E-state index is 6.07. The van der Waals surface area contributed by atoms with Crippen LogP contribution < -0.4 is 4.74 Å². The van der Waals surface area contributed by atoms with Gasteiger partial charge in [-0.2, -0.15) is 12.6 Å². The van der Waals surface area contributed by atoms with Crippen LogP contribution in [0, 0.1) is 5.41 Å². The first-order chi connectivity index (χ1) is 10.3. The van der Waals surface area contributed by atoms with E-state index >= 15 is 0 Å². The van der Waals surface area contributed by atoms with Crippen LogP contribution in [-0.2, 0) is 11.2 Å². The Morgan fingerprint density at radius 1 is 1.05 bits per heavy atom. The predicted molar refractivity (Wildman–Crippen MR) is 91.5 cm³/mol. The molecule has 1 fully saturated rings. The van der Waals surface area contributed by atoms with E-state index in [1.165, 1.54) is 44.1 Å². The molecular weight excluding hydrogens is 280 g/mol. The molecule has 2 nitrogen and oxygen atoms in total. The second-order valence-electron chi connectivity index (χ2n) is 6.25. The standard InChI is InChI=1S/C18H28O2S/c1-19-13-10-16-6-8-17(9-7-16)20-14-18(15-21)11-4-2-3-5-12-18/h6-9,21H,2-5,10-15H2,1H3. The van der Waals surface area contributed by atoms with E-state index in [0.717, 1.165) is 31.1 Å². The highest BCUT2D eigenvalue weighted by molar-refractivity contribution is 7.80. The molecule has 118 valence electrons. The van der Waals surface area contributed by atoms with E-state index in [1.807, 2.05) is 0 Å². The molecule has 0 aliphatic heterocycles. The largest absolute Gasteiger partial charge is 0.493 e. The zero-order valence-corrected chi connectivity index (χ0v) is 14.0. The van der Waals surface area contributed by atoms with Crippen LogP contribution in [0.1, 0.15) is 44.1 Å². The minimum absolute atomic E-state index is 0.272. The molecule has 0 radical (unpaired) electrons. The topological polar surface area (TPSA) is 18.5 Å². The van der Waals surface area contributed by atoms with Gasteiger partial charge in [0, 0.05) is 12.5 Å². The molecule has 0 amide bonds. The summed E-state index contributed by atoms with van der Waals surface area (Å²) in [5.74, 6) is 1.90. The van der Waals surface area contributed by atoms with Gasteiger partial charge < -0.3 is 9.47 Å². The van der Waals surface area contributed by atoms with Crippen molar-refractivity contribution in [2.75, 3.05) is 26.1 Å². The molecule has 1 aliphatic rings. The molecule has 0 N–H and O–H groups in total. The van der Waals surface area contributed by atoms with E-state index < -0.39 is 0 Å². The minimum atomic E-state index is 0.272. The third-order valence-electron chi connectivity index (χ3n) is 4.56. The number of hydrogen-bond acceptors (Lipinski definition) is 3. The highest BCUT2D eigenvalue weighted by atomic mass is 32.1. The highest BCUT2D eigenvalue weighted by Crippen LogP contribution is 2.36. The maximum atomic E-state index is 6.07. The first kappa shape index (κ1) is 16.7. The third-order valence-corrected chi connectivity index (χ3v) is 5.23.